The minimum Gasteiger partial charge on any atom is -0.347 e. The number of hydrogen-bond acceptors (Lipinski definition) is 4. The van der Waals surface area contributed by atoms with Crippen molar-refractivity contribution in [1.29, 1.82) is 0 Å². The summed E-state index contributed by atoms with van der Waals surface area (Å²) in [5, 5.41) is 7.89. The van der Waals surface area contributed by atoms with Gasteiger partial charge in [-0.2, -0.15) is 0 Å². The Morgan fingerprint density at radius 3 is 2.60 bits per heavy atom. The van der Waals surface area contributed by atoms with E-state index in [2.05, 4.69) is 26.2 Å². The van der Waals surface area contributed by atoms with Gasteiger partial charge in [-0.15, -0.1) is 5.10 Å². The second-order valence-electron chi connectivity index (χ2n) is 3.93. The standard InChI is InChI=1S/C13H15BrFN3O2/c1-3-19-13(20-4-2)11-8-18(17-16-11)12-6-5-9(14)7-10(12)15/h5-8,13H,3-4H2,1-2H3. The van der Waals surface area contributed by atoms with Crippen LogP contribution in [0.5, 0.6) is 0 Å². The van der Waals surface area contributed by atoms with E-state index >= 15 is 0 Å². The third-order valence-corrected chi connectivity index (χ3v) is 3.04. The lowest BCUT2D eigenvalue weighted by molar-refractivity contribution is -0.142. The lowest BCUT2D eigenvalue weighted by Crippen LogP contribution is -2.09. The first-order valence-corrected chi connectivity index (χ1v) is 7.05. The summed E-state index contributed by atoms with van der Waals surface area (Å²) in [7, 11) is 0. The van der Waals surface area contributed by atoms with Crippen molar-refractivity contribution < 1.29 is 13.9 Å². The van der Waals surface area contributed by atoms with Crippen molar-refractivity contribution in [2.45, 2.75) is 20.1 Å². The van der Waals surface area contributed by atoms with Crippen LogP contribution in [0.4, 0.5) is 4.39 Å². The van der Waals surface area contributed by atoms with Crippen LogP contribution in [-0.2, 0) is 9.47 Å². The van der Waals surface area contributed by atoms with Crippen LogP contribution in [-0.4, -0.2) is 28.2 Å². The normalized spacial score (nSPS) is 11.2. The number of benzene rings is 1. The van der Waals surface area contributed by atoms with Gasteiger partial charge in [0.1, 0.15) is 17.2 Å². The maximum absolute atomic E-state index is 13.9. The highest BCUT2D eigenvalue weighted by Gasteiger charge is 2.17. The van der Waals surface area contributed by atoms with E-state index in [0.29, 0.717) is 29.1 Å². The quantitative estimate of drug-likeness (QED) is 0.755. The highest BCUT2D eigenvalue weighted by atomic mass is 79.9. The molecule has 0 unspecified atom stereocenters. The van der Waals surface area contributed by atoms with E-state index in [1.54, 1.807) is 18.3 Å². The van der Waals surface area contributed by atoms with E-state index in [4.69, 9.17) is 9.47 Å². The van der Waals surface area contributed by atoms with Gasteiger partial charge in [0.15, 0.2) is 0 Å². The molecule has 0 aliphatic rings. The SMILES string of the molecule is CCOC(OCC)c1cn(-c2ccc(Br)cc2F)nn1. The van der Waals surface area contributed by atoms with Crippen LogP contribution in [0, 0.1) is 5.82 Å². The molecule has 0 amide bonds. The van der Waals surface area contributed by atoms with E-state index < -0.39 is 6.29 Å². The summed E-state index contributed by atoms with van der Waals surface area (Å²) in [4.78, 5) is 0. The van der Waals surface area contributed by atoms with Crippen molar-refractivity contribution in [2.24, 2.45) is 0 Å². The van der Waals surface area contributed by atoms with Crippen LogP contribution in [0.1, 0.15) is 25.8 Å². The molecule has 0 saturated carbocycles. The third kappa shape index (κ3) is 3.41. The van der Waals surface area contributed by atoms with Crippen LogP contribution in [0.25, 0.3) is 5.69 Å². The minimum absolute atomic E-state index is 0.318. The lowest BCUT2D eigenvalue weighted by atomic mass is 10.3. The summed E-state index contributed by atoms with van der Waals surface area (Å²) in [6.45, 7) is 4.71. The molecule has 2 aromatic rings. The zero-order valence-corrected chi connectivity index (χ0v) is 12.8. The predicted octanol–water partition coefficient (Wildman–Crippen LogP) is 3.24. The van der Waals surface area contributed by atoms with E-state index in [9.17, 15) is 4.39 Å². The summed E-state index contributed by atoms with van der Waals surface area (Å²) < 4.78 is 26.7. The monoisotopic (exact) mass is 343 g/mol. The van der Waals surface area contributed by atoms with Crippen molar-refractivity contribution in [1.82, 2.24) is 15.0 Å². The average Bonchev–Trinajstić information content (AvgIpc) is 2.88. The maximum Gasteiger partial charge on any atom is 0.204 e. The predicted molar refractivity (Wildman–Crippen MR) is 75.0 cm³/mol. The molecular weight excluding hydrogens is 329 g/mol. The molecule has 1 aromatic heterocycles. The molecule has 0 bridgehead atoms. The third-order valence-electron chi connectivity index (χ3n) is 2.55. The fourth-order valence-corrected chi connectivity index (χ4v) is 2.02. The Morgan fingerprint density at radius 1 is 1.30 bits per heavy atom. The molecule has 108 valence electrons. The van der Waals surface area contributed by atoms with Crippen LogP contribution in [0.3, 0.4) is 0 Å². The first-order chi connectivity index (χ1) is 9.65. The molecule has 0 atom stereocenters. The van der Waals surface area contributed by atoms with Gasteiger partial charge >= 0.3 is 0 Å². The molecule has 0 aliphatic carbocycles. The fourth-order valence-electron chi connectivity index (χ4n) is 1.69. The van der Waals surface area contributed by atoms with Gasteiger partial charge in [-0.25, -0.2) is 9.07 Å². The van der Waals surface area contributed by atoms with Gasteiger partial charge in [0.2, 0.25) is 6.29 Å². The average molecular weight is 344 g/mol. The van der Waals surface area contributed by atoms with Gasteiger partial charge in [-0.1, -0.05) is 21.1 Å². The van der Waals surface area contributed by atoms with Crippen LogP contribution < -0.4 is 0 Å². The Balaban J connectivity index is 2.27. The summed E-state index contributed by atoms with van der Waals surface area (Å²) in [5.41, 5.74) is 0.828. The molecule has 20 heavy (non-hydrogen) atoms. The first-order valence-electron chi connectivity index (χ1n) is 6.26. The van der Waals surface area contributed by atoms with Crippen molar-refractivity contribution >= 4 is 15.9 Å². The Morgan fingerprint density at radius 2 is 2.00 bits per heavy atom. The fraction of sp³-hybridized carbons (Fsp3) is 0.385. The van der Waals surface area contributed by atoms with Crippen molar-refractivity contribution in [3.63, 3.8) is 0 Å². The number of rotatable bonds is 6. The molecule has 0 N–H and O–H groups in total. The number of nitrogens with zero attached hydrogens (tertiary/aromatic N) is 3. The second-order valence-corrected chi connectivity index (χ2v) is 4.84. The lowest BCUT2D eigenvalue weighted by Gasteiger charge is -2.13. The highest BCUT2D eigenvalue weighted by molar-refractivity contribution is 9.10. The Hall–Kier alpha value is -1.31. The van der Waals surface area contributed by atoms with Crippen LogP contribution in [0.2, 0.25) is 0 Å². The minimum atomic E-state index is -0.586. The van der Waals surface area contributed by atoms with Crippen LogP contribution >= 0.6 is 15.9 Å². The molecule has 0 spiro atoms. The molecule has 0 aliphatic heterocycles. The van der Waals surface area contributed by atoms with E-state index in [1.807, 2.05) is 13.8 Å². The molecule has 2 rings (SSSR count). The molecular formula is C13H15BrFN3O2. The Kier molecular flexibility index (Phi) is 5.22. The van der Waals surface area contributed by atoms with Gasteiger partial charge in [0.25, 0.3) is 0 Å². The number of aromatic nitrogens is 3. The van der Waals surface area contributed by atoms with E-state index in [-0.39, 0.29) is 5.82 Å². The summed E-state index contributed by atoms with van der Waals surface area (Å²) in [6, 6.07) is 4.73. The van der Waals surface area contributed by atoms with Crippen molar-refractivity contribution in [3.8, 4) is 5.69 Å². The zero-order chi connectivity index (χ0) is 14.5. The number of hydrogen-bond donors (Lipinski definition) is 0. The van der Waals surface area contributed by atoms with Crippen molar-refractivity contribution in [3.05, 3.63) is 40.4 Å². The molecule has 0 fully saturated rings. The Labute approximate surface area is 124 Å². The van der Waals surface area contributed by atoms with Gasteiger partial charge < -0.3 is 9.47 Å². The summed E-state index contributed by atoms with van der Waals surface area (Å²) in [6.07, 6.45) is 1.01. The van der Waals surface area contributed by atoms with Gasteiger partial charge in [-0.3, -0.25) is 0 Å². The molecule has 1 heterocycles. The first kappa shape index (κ1) is 15.1. The maximum atomic E-state index is 13.9. The number of ether oxygens (including phenoxy) is 2. The topological polar surface area (TPSA) is 49.2 Å². The van der Waals surface area contributed by atoms with Gasteiger partial charge in [-0.05, 0) is 32.0 Å². The van der Waals surface area contributed by atoms with Gasteiger partial charge in [0, 0.05) is 17.7 Å². The molecule has 5 nitrogen and oxygen atoms in total. The molecule has 0 saturated heterocycles. The molecule has 1 aromatic carbocycles. The zero-order valence-electron chi connectivity index (χ0n) is 11.2. The summed E-state index contributed by atoms with van der Waals surface area (Å²) >= 11 is 3.21. The molecule has 7 heteroatoms. The van der Waals surface area contributed by atoms with E-state index in [1.165, 1.54) is 10.7 Å². The largest absolute Gasteiger partial charge is 0.347 e. The number of halogens is 2. The second kappa shape index (κ2) is 6.92. The van der Waals surface area contributed by atoms with Gasteiger partial charge in [0.05, 0.1) is 6.20 Å². The molecule has 0 radical (unpaired) electrons. The van der Waals surface area contributed by atoms with E-state index in [0.717, 1.165) is 0 Å². The van der Waals surface area contributed by atoms with Crippen LogP contribution in [0.15, 0.2) is 28.9 Å². The van der Waals surface area contributed by atoms with Crippen molar-refractivity contribution in [2.75, 3.05) is 13.2 Å². The smallest absolute Gasteiger partial charge is 0.204 e. The highest BCUT2D eigenvalue weighted by Crippen LogP contribution is 2.21. The Bertz CT molecular complexity index is 570. The summed E-state index contributed by atoms with van der Waals surface area (Å²) in [5.74, 6) is -0.389.